The molecule has 0 amide bonds. The molecule has 2 atom stereocenters. The molecule has 2 N–H and O–H groups in total. The summed E-state index contributed by atoms with van der Waals surface area (Å²) < 4.78 is 0. The molecule has 1 heterocycles. The molecule has 1 fully saturated rings. The third-order valence-electron chi connectivity index (χ3n) is 7.28. The van der Waals surface area contributed by atoms with E-state index in [-0.39, 0.29) is 0 Å². The summed E-state index contributed by atoms with van der Waals surface area (Å²) in [6, 6.07) is 25.8. The van der Waals surface area contributed by atoms with Crippen LogP contribution in [0.2, 0.25) is 5.02 Å². The fourth-order valence-electron chi connectivity index (χ4n) is 5.46. The number of piperazine rings is 1. The highest BCUT2D eigenvalue weighted by Crippen LogP contribution is 2.56. The molecule has 2 aliphatic rings. The van der Waals surface area contributed by atoms with Crippen LogP contribution in [0.25, 0.3) is 0 Å². The van der Waals surface area contributed by atoms with Crippen molar-refractivity contribution in [3.63, 3.8) is 0 Å². The van der Waals surface area contributed by atoms with E-state index in [1.807, 2.05) is 72.8 Å². The van der Waals surface area contributed by atoms with Crippen LogP contribution in [0.5, 0.6) is 0 Å². The average Bonchev–Trinajstić information content (AvgIpc) is 3.06. The van der Waals surface area contributed by atoms with Crippen molar-refractivity contribution in [2.45, 2.75) is 24.0 Å². The van der Waals surface area contributed by atoms with Crippen LogP contribution in [0.3, 0.4) is 0 Å². The Labute approximate surface area is 194 Å². The van der Waals surface area contributed by atoms with E-state index in [0.717, 1.165) is 60.1 Å². The van der Waals surface area contributed by atoms with Crippen molar-refractivity contribution >= 4 is 17.3 Å². The lowest BCUT2D eigenvalue weighted by molar-refractivity contribution is -0.00757. The molecule has 5 rings (SSSR count). The van der Waals surface area contributed by atoms with E-state index >= 15 is 0 Å². The number of nitrogens with zero attached hydrogens (tertiary/aromatic N) is 2. The van der Waals surface area contributed by atoms with Gasteiger partial charge in [-0.2, -0.15) is 0 Å². The molecule has 0 spiro atoms. The zero-order chi connectivity index (χ0) is 22.1. The minimum Gasteiger partial charge on any atom is -0.387 e. The Morgan fingerprint density at radius 3 is 1.94 bits per heavy atom. The number of para-hydroxylation sites is 1. The van der Waals surface area contributed by atoms with Crippen molar-refractivity contribution in [1.82, 2.24) is 4.90 Å². The first-order valence-corrected chi connectivity index (χ1v) is 11.7. The van der Waals surface area contributed by atoms with E-state index in [2.05, 4.69) is 15.9 Å². The number of aliphatic hydroxyl groups is 2. The number of rotatable bonds is 5. The highest BCUT2D eigenvalue weighted by Gasteiger charge is 2.53. The number of halogens is 1. The second kappa shape index (κ2) is 8.87. The van der Waals surface area contributed by atoms with Gasteiger partial charge in [-0.1, -0.05) is 78.3 Å². The minimum atomic E-state index is -0.745. The molecule has 3 aromatic rings. The van der Waals surface area contributed by atoms with Crippen LogP contribution < -0.4 is 4.90 Å². The molecule has 3 aromatic carbocycles. The summed E-state index contributed by atoms with van der Waals surface area (Å²) >= 11 is 6.39. The predicted octanol–water partition coefficient (Wildman–Crippen LogP) is 4.57. The third-order valence-corrected chi connectivity index (χ3v) is 7.60. The van der Waals surface area contributed by atoms with Crippen LogP contribution >= 0.6 is 11.6 Å². The molecular formula is C27H29ClN2O2. The maximum Gasteiger partial charge on any atom is 0.0919 e. The Hall–Kier alpha value is -2.37. The van der Waals surface area contributed by atoms with Crippen LogP contribution in [-0.2, 0) is 5.41 Å². The monoisotopic (exact) mass is 448 g/mol. The largest absolute Gasteiger partial charge is 0.387 e. The zero-order valence-corrected chi connectivity index (χ0v) is 18.8. The number of hydrogen-bond acceptors (Lipinski definition) is 4. The van der Waals surface area contributed by atoms with Gasteiger partial charge in [-0.3, -0.25) is 4.90 Å². The van der Waals surface area contributed by atoms with Crippen LogP contribution in [0, 0.1) is 0 Å². The lowest BCUT2D eigenvalue weighted by atomic mass is 9.71. The van der Waals surface area contributed by atoms with Gasteiger partial charge in [0.2, 0.25) is 0 Å². The summed E-state index contributed by atoms with van der Waals surface area (Å²) in [4.78, 5) is 4.77. The molecule has 166 valence electrons. The fourth-order valence-corrected chi connectivity index (χ4v) is 5.71. The first-order chi connectivity index (χ1) is 15.6. The van der Waals surface area contributed by atoms with E-state index < -0.39 is 17.6 Å². The molecule has 0 radical (unpaired) electrons. The first kappa shape index (κ1) is 21.5. The van der Waals surface area contributed by atoms with Crippen LogP contribution in [0.1, 0.15) is 35.3 Å². The normalized spacial score (nSPS) is 25.7. The van der Waals surface area contributed by atoms with Gasteiger partial charge in [0.05, 0.1) is 28.3 Å². The van der Waals surface area contributed by atoms with E-state index in [9.17, 15) is 10.2 Å². The van der Waals surface area contributed by atoms with Gasteiger partial charge in [-0.25, -0.2) is 0 Å². The fraction of sp³-hybridized carbons (Fsp3) is 0.333. The zero-order valence-electron chi connectivity index (χ0n) is 18.1. The maximum absolute atomic E-state index is 11.5. The van der Waals surface area contributed by atoms with Gasteiger partial charge in [-0.05, 0) is 41.8 Å². The minimum absolute atomic E-state index is 0.681. The molecule has 2 unspecified atom stereocenters. The van der Waals surface area contributed by atoms with Crippen LogP contribution in [0.4, 0.5) is 5.69 Å². The highest BCUT2D eigenvalue weighted by molar-refractivity contribution is 6.33. The summed E-state index contributed by atoms with van der Waals surface area (Å²) in [5.41, 5.74) is 3.02. The smallest absolute Gasteiger partial charge is 0.0919 e. The Bertz CT molecular complexity index is 1040. The number of fused-ring (bicyclic) bond motifs is 1. The predicted molar refractivity (Wildman–Crippen MR) is 129 cm³/mol. The Balaban J connectivity index is 1.34. The van der Waals surface area contributed by atoms with Gasteiger partial charge < -0.3 is 15.1 Å². The number of anilines is 1. The molecule has 1 aliphatic heterocycles. The topological polar surface area (TPSA) is 46.9 Å². The standard InChI is InChI=1S/C27H29ClN2O2/c28-23-12-6-7-13-24(23)30-18-16-29(17-19-30)15-14-27(20-8-2-1-3-9-20)25(31)21-10-4-5-11-22(21)26(27)32/h1-13,25-26,31-32H,14-19H2. The Morgan fingerprint density at radius 2 is 1.31 bits per heavy atom. The molecule has 0 aromatic heterocycles. The lowest BCUT2D eigenvalue weighted by Crippen LogP contribution is -2.48. The molecule has 0 saturated carbocycles. The molecular weight excluding hydrogens is 420 g/mol. The van der Waals surface area contributed by atoms with Crippen LogP contribution in [0.15, 0.2) is 78.9 Å². The Morgan fingerprint density at radius 1 is 0.750 bits per heavy atom. The van der Waals surface area contributed by atoms with Gasteiger partial charge in [-0.15, -0.1) is 0 Å². The summed E-state index contributed by atoms with van der Waals surface area (Å²) in [7, 11) is 0. The highest BCUT2D eigenvalue weighted by atomic mass is 35.5. The molecule has 32 heavy (non-hydrogen) atoms. The van der Waals surface area contributed by atoms with Gasteiger partial charge in [0.1, 0.15) is 0 Å². The maximum atomic E-state index is 11.5. The molecule has 0 bridgehead atoms. The molecule has 1 aliphatic carbocycles. The summed E-state index contributed by atoms with van der Waals surface area (Å²) in [6.45, 7) is 4.48. The van der Waals surface area contributed by atoms with Crippen molar-refractivity contribution in [2.24, 2.45) is 0 Å². The quantitative estimate of drug-likeness (QED) is 0.600. The SMILES string of the molecule is OC1c2ccccc2C(O)C1(CCN1CCN(c2ccccc2Cl)CC1)c1ccccc1. The van der Waals surface area contributed by atoms with Crippen molar-refractivity contribution < 1.29 is 10.2 Å². The van der Waals surface area contributed by atoms with Gasteiger partial charge >= 0.3 is 0 Å². The number of hydrogen-bond donors (Lipinski definition) is 2. The lowest BCUT2D eigenvalue weighted by Gasteiger charge is -2.41. The third kappa shape index (κ3) is 3.61. The Kier molecular flexibility index (Phi) is 5.95. The van der Waals surface area contributed by atoms with Crippen molar-refractivity contribution in [3.05, 3.63) is 101 Å². The van der Waals surface area contributed by atoms with Crippen molar-refractivity contribution in [1.29, 1.82) is 0 Å². The van der Waals surface area contributed by atoms with E-state index in [1.54, 1.807) is 0 Å². The number of benzene rings is 3. The second-order valence-corrected chi connectivity index (χ2v) is 9.28. The van der Waals surface area contributed by atoms with Crippen molar-refractivity contribution in [2.75, 3.05) is 37.6 Å². The number of aliphatic hydroxyl groups excluding tert-OH is 2. The van der Waals surface area contributed by atoms with E-state index in [0.29, 0.717) is 6.42 Å². The molecule has 1 saturated heterocycles. The van der Waals surface area contributed by atoms with Crippen LogP contribution in [-0.4, -0.2) is 47.8 Å². The van der Waals surface area contributed by atoms with E-state index in [1.165, 1.54) is 0 Å². The average molecular weight is 449 g/mol. The molecule has 4 nitrogen and oxygen atoms in total. The van der Waals surface area contributed by atoms with E-state index in [4.69, 9.17) is 11.6 Å². The first-order valence-electron chi connectivity index (χ1n) is 11.3. The van der Waals surface area contributed by atoms with Crippen molar-refractivity contribution in [3.8, 4) is 0 Å². The van der Waals surface area contributed by atoms with Gasteiger partial charge in [0.15, 0.2) is 0 Å². The summed E-state index contributed by atoms with van der Waals surface area (Å²) in [6.07, 6.45) is -0.791. The second-order valence-electron chi connectivity index (χ2n) is 8.87. The van der Waals surface area contributed by atoms with Gasteiger partial charge in [0.25, 0.3) is 0 Å². The molecule has 5 heteroatoms. The van der Waals surface area contributed by atoms with Gasteiger partial charge in [0, 0.05) is 26.2 Å². The summed E-state index contributed by atoms with van der Waals surface area (Å²) in [5, 5.41) is 23.7. The summed E-state index contributed by atoms with van der Waals surface area (Å²) in [5.74, 6) is 0.